The van der Waals surface area contributed by atoms with Crippen LogP contribution in [0.5, 0.6) is 0 Å². The highest BCUT2D eigenvalue weighted by atomic mass is 19.3. The molecule has 2 fully saturated rings. The van der Waals surface area contributed by atoms with Gasteiger partial charge in [-0.05, 0) is 25.3 Å². The summed E-state index contributed by atoms with van der Waals surface area (Å²) in [5, 5.41) is 3.25. The van der Waals surface area contributed by atoms with Gasteiger partial charge >= 0.3 is 0 Å². The van der Waals surface area contributed by atoms with Crippen molar-refractivity contribution in [3.63, 3.8) is 0 Å². The summed E-state index contributed by atoms with van der Waals surface area (Å²) in [4.78, 5) is 25.4. The Bertz CT molecular complexity index is 988. The van der Waals surface area contributed by atoms with Crippen LogP contribution in [-0.2, 0) is 23.6 Å². The molecule has 0 saturated carbocycles. The SMILES string of the molecule is C[C@H]1CCN1c1nc(-c2ccc(CC(=O)N3CCNCC3)cc2)c2c(n1)C(F)(F)CC2. The summed E-state index contributed by atoms with van der Waals surface area (Å²) in [5.74, 6) is -2.40. The second-order valence-corrected chi connectivity index (χ2v) is 8.74. The first-order valence-electron chi connectivity index (χ1n) is 11.1. The zero-order valence-electron chi connectivity index (χ0n) is 17.7. The number of hydrogen-bond acceptors (Lipinski definition) is 5. The third kappa shape index (κ3) is 3.78. The molecule has 3 aliphatic rings. The summed E-state index contributed by atoms with van der Waals surface area (Å²) in [6.07, 6.45) is 1.41. The van der Waals surface area contributed by atoms with Gasteiger partial charge in [0.2, 0.25) is 11.9 Å². The minimum Gasteiger partial charge on any atom is -0.340 e. The molecule has 2 saturated heterocycles. The summed E-state index contributed by atoms with van der Waals surface area (Å²) in [7, 11) is 0. The second-order valence-electron chi connectivity index (χ2n) is 8.74. The van der Waals surface area contributed by atoms with E-state index in [-0.39, 0.29) is 30.5 Å². The molecule has 0 unspecified atom stereocenters. The number of carbonyl (C=O) groups is 1. The van der Waals surface area contributed by atoms with E-state index in [1.165, 1.54) is 0 Å². The van der Waals surface area contributed by atoms with E-state index in [1.807, 2.05) is 34.1 Å². The number of alkyl halides is 2. The van der Waals surface area contributed by atoms with Crippen molar-refractivity contribution >= 4 is 11.9 Å². The first-order chi connectivity index (χ1) is 14.9. The number of benzene rings is 1. The summed E-state index contributed by atoms with van der Waals surface area (Å²) < 4.78 is 29.0. The molecule has 1 aromatic heterocycles. The van der Waals surface area contributed by atoms with E-state index >= 15 is 0 Å². The molecule has 1 aromatic carbocycles. The fourth-order valence-corrected chi connectivity index (χ4v) is 4.57. The van der Waals surface area contributed by atoms with Gasteiger partial charge in [0.1, 0.15) is 5.69 Å². The Hall–Kier alpha value is -2.61. The van der Waals surface area contributed by atoms with Crippen LogP contribution in [0, 0.1) is 0 Å². The van der Waals surface area contributed by atoms with Crippen LogP contribution in [0.2, 0.25) is 0 Å². The molecule has 0 spiro atoms. The van der Waals surface area contributed by atoms with Gasteiger partial charge in [-0.3, -0.25) is 4.79 Å². The molecular formula is C23H27F2N5O. The van der Waals surface area contributed by atoms with Crippen molar-refractivity contribution in [3.8, 4) is 11.3 Å². The lowest BCUT2D eigenvalue weighted by molar-refractivity contribution is -0.131. The lowest BCUT2D eigenvalue weighted by Gasteiger charge is -2.39. The van der Waals surface area contributed by atoms with Crippen molar-refractivity contribution in [3.05, 3.63) is 41.1 Å². The molecule has 8 heteroatoms. The average molecular weight is 427 g/mol. The van der Waals surface area contributed by atoms with E-state index in [1.54, 1.807) is 0 Å². The monoisotopic (exact) mass is 427 g/mol. The highest BCUT2D eigenvalue weighted by Gasteiger charge is 2.44. The smallest absolute Gasteiger partial charge is 0.290 e. The molecule has 2 aliphatic heterocycles. The van der Waals surface area contributed by atoms with Gasteiger partial charge in [0.15, 0.2) is 0 Å². The van der Waals surface area contributed by atoms with Gasteiger partial charge in [-0.2, -0.15) is 8.78 Å². The van der Waals surface area contributed by atoms with E-state index in [0.717, 1.165) is 50.3 Å². The molecule has 2 aromatic rings. The maximum Gasteiger partial charge on any atom is 0.290 e. The Morgan fingerprint density at radius 3 is 2.55 bits per heavy atom. The number of amides is 1. The zero-order chi connectivity index (χ0) is 21.6. The lowest BCUT2D eigenvalue weighted by Crippen LogP contribution is -2.47. The van der Waals surface area contributed by atoms with Crippen molar-refractivity contribution < 1.29 is 13.6 Å². The van der Waals surface area contributed by atoms with Crippen LogP contribution >= 0.6 is 0 Å². The molecule has 1 aliphatic carbocycles. The second kappa shape index (κ2) is 7.82. The Balaban J connectivity index is 1.42. The summed E-state index contributed by atoms with van der Waals surface area (Å²) in [6, 6.07) is 7.86. The summed E-state index contributed by atoms with van der Waals surface area (Å²) in [6.45, 7) is 5.96. The van der Waals surface area contributed by atoms with Gasteiger partial charge in [0, 0.05) is 56.3 Å². The minimum absolute atomic E-state index is 0.117. The summed E-state index contributed by atoms with van der Waals surface area (Å²) in [5.41, 5.74) is 2.73. The molecule has 0 bridgehead atoms. The highest BCUT2D eigenvalue weighted by Crippen LogP contribution is 2.44. The number of halogens is 2. The molecule has 1 N–H and O–H groups in total. The average Bonchev–Trinajstić information content (AvgIpc) is 3.08. The van der Waals surface area contributed by atoms with E-state index in [4.69, 9.17) is 4.98 Å². The Labute approximate surface area is 180 Å². The van der Waals surface area contributed by atoms with Gasteiger partial charge in [0.25, 0.3) is 5.92 Å². The van der Waals surface area contributed by atoms with Crippen molar-refractivity contribution in [2.75, 3.05) is 37.6 Å². The molecule has 1 atom stereocenters. The largest absolute Gasteiger partial charge is 0.340 e. The van der Waals surface area contributed by atoms with Crippen LogP contribution in [0.1, 0.15) is 36.6 Å². The van der Waals surface area contributed by atoms with Crippen LogP contribution in [0.4, 0.5) is 14.7 Å². The third-order valence-corrected chi connectivity index (χ3v) is 6.66. The fourth-order valence-electron chi connectivity index (χ4n) is 4.57. The van der Waals surface area contributed by atoms with Crippen molar-refractivity contribution in [1.82, 2.24) is 20.2 Å². The van der Waals surface area contributed by atoms with Crippen LogP contribution < -0.4 is 10.2 Å². The molecule has 6 nitrogen and oxygen atoms in total. The van der Waals surface area contributed by atoms with Crippen LogP contribution in [0.3, 0.4) is 0 Å². The van der Waals surface area contributed by atoms with Crippen molar-refractivity contribution in [2.24, 2.45) is 0 Å². The number of nitrogens with one attached hydrogen (secondary N) is 1. The number of fused-ring (bicyclic) bond motifs is 1. The van der Waals surface area contributed by atoms with E-state index in [2.05, 4.69) is 17.2 Å². The Morgan fingerprint density at radius 1 is 1.16 bits per heavy atom. The Morgan fingerprint density at radius 2 is 1.90 bits per heavy atom. The molecule has 164 valence electrons. The van der Waals surface area contributed by atoms with Crippen LogP contribution in [0.25, 0.3) is 11.3 Å². The number of rotatable bonds is 4. The van der Waals surface area contributed by atoms with E-state index in [0.29, 0.717) is 23.6 Å². The van der Waals surface area contributed by atoms with Crippen LogP contribution in [0.15, 0.2) is 24.3 Å². The first-order valence-corrected chi connectivity index (χ1v) is 11.1. The maximum absolute atomic E-state index is 14.5. The number of anilines is 1. The molecule has 31 heavy (non-hydrogen) atoms. The lowest BCUT2D eigenvalue weighted by atomic mass is 10.0. The van der Waals surface area contributed by atoms with Gasteiger partial charge in [-0.25, -0.2) is 9.97 Å². The standard InChI is InChI=1S/C23H27F2N5O/c1-15-7-11-30(15)22-27-20(18-6-8-23(24,25)21(18)28-22)17-4-2-16(3-5-17)14-19(31)29-12-9-26-10-13-29/h2-5,15,26H,6-14H2,1H3/t15-/m0/s1. The number of piperazine rings is 1. The first kappa shape index (κ1) is 20.3. The predicted octanol–water partition coefficient (Wildman–Crippen LogP) is 2.75. The highest BCUT2D eigenvalue weighted by molar-refractivity contribution is 5.79. The van der Waals surface area contributed by atoms with Crippen LogP contribution in [-0.4, -0.2) is 59.5 Å². The quantitative estimate of drug-likeness (QED) is 0.813. The molecule has 0 radical (unpaired) electrons. The number of hydrogen-bond donors (Lipinski definition) is 1. The topological polar surface area (TPSA) is 61.4 Å². The normalized spacial score (nSPS) is 22.2. The maximum atomic E-state index is 14.5. The number of aromatic nitrogens is 2. The number of carbonyl (C=O) groups excluding carboxylic acids is 1. The number of nitrogens with zero attached hydrogens (tertiary/aromatic N) is 4. The predicted molar refractivity (Wildman–Crippen MR) is 114 cm³/mol. The van der Waals surface area contributed by atoms with Gasteiger partial charge in [-0.1, -0.05) is 24.3 Å². The van der Waals surface area contributed by atoms with Gasteiger partial charge < -0.3 is 15.1 Å². The fraction of sp³-hybridized carbons (Fsp3) is 0.522. The minimum atomic E-state index is -2.91. The molecule has 3 heterocycles. The third-order valence-electron chi connectivity index (χ3n) is 6.66. The summed E-state index contributed by atoms with van der Waals surface area (Å²) >= 11 is 0. The molecule has 5 rings (SSSR count). The van der Waals surface area contributed by atoms with E-state index in [9.17, 15) is 13.6 Å². The van der Waals surface area contributed by atoms with Gasteiger partial charge in [-0.15, -0.1) is 0 Å². The molecular weight excluding hydrogens is 400 g/mol. The molecule has 1 amide bonds. The van der Waals surface area contributed by atoms with Crippen molar-refractivity contribution in [1.29, 1.82) is 0 Å². The van der Waals surface area contributed by atoms with Crippen molar-refractivity contribution in [2.45, 2.75) is 44.6 Å². The zero-order valence-corrected chi connectivity index (χ0v) is 17.7. The Kier molecular flexibility index (Phi) is 5.12. The van der Waals surface area contributed by atoms with Gasteiger partial charge in [0.05, 0.1) is 12.1 Å². The van der Waals surface area contributed by atoms with E-state index < -0.39 is 5.92 Å².